The van der Waals surface area contributed by atoms with E-state index in [1.165, 1.54) is 0 Å². The molecule has 1 N–H and O–H groups in total. The van der Waals surface area contributed by atoms with E-state index in [4.69, 9.17) is 23.2 Å². The predicted octanol–water partition coefficient (Wildman–Crippen LogP) is 3.84. The molecule has 1 aromatic heterocycles. The molecule has 0 saturated heterocycles. The third kappa shape index (κ3) is 2.62. The van der Waals surface area contributed by atoms with Gasteiger partial charge in [-0.15, -0.1) is 0 Å². The Morgan fingerprint density at radius 3 is 2.44 bits per heavy atom. The van der Waals surface area contributed by atoms with Crippen LogP contribution in [-0.2, 0) is 0 Å². The van der Waals surface area contributed by atoms with E-state index >= 15 is 0 Å². The van der Waals surface area contributed by atoms with Crippen molar-refractivity contribution in [3.63, 3.8) is 0 Å². The number of benzene rings is 1. The summed E-state index contributed by atoms with van der Waals surface area (Å²) in [6.45, 7) is 1.86. The van der Waals surface area contributed by atoms with Gasteiger partial charge in [-0.25, -0.2) is 9.97 Å². The van der Waals surface area contributed by atoms with Crippen LogP contribution in [0.25, 0.3) is 0 Å². The number of rotatable bonds is 2. The minimum Gasteiger partial charge on any atom is -0.324 e. The highest BCUT2D eigenvalue weighted by molar-refractivity contribution is 6.30. The molecule has 0 aliphatic heterocycles. The van der Waals surface area contributed by atoms with Gasteiger partial charge in [-0.3, -0.25) is 0 Å². The zero-order valence-electron chi connectivity index (χ0n) is 8.54. The summed E-state index contributed by atoms with van der Waals surface area (Å²) in [6.07, 6.45) is 1.67. The fraction of sp³-hybridized carbons (Fsp3) is 0.0909. The first kappa shape index (κ1) is 11.2. The van der Waals surface area contributed by atoms with Crippen molar-refractivity contribution in [1.29, 1.82) is 0 Å². The Balaban J connectivity index is 2.20. The molecule has 16 heavy (non-hydrogen) atoms. The largest absolute Gasteiger partial charge is 0.324 e. The Kier molecular flexibility index (Phi) is 3.27. The van der Waals surface area contributed by atoms with E-state index in [0.29, 0.717) is 16.1 Å². The van der Waals surface area contributed by atoms with Crippen molar-refractivity contribution in [2.24, 2.45) is 0 Å². The van der Waals surface area contributed by atoms with Crippen molar-refractivity contribution in [2.45, 2.75) is 6.92 Å². The molecule has 0 fully saturated rings. The molecule has 0 aliphatic carbocycles. The van der Waals surface area contributed by atoms with Gasteiger partial charge in [0.1, 0.15) is 5.15 Å². The molecule has 0 amide bonds. The highest BCUT2D eigenvalue weighted by Gasteiger charge is 2.01. The zero-order valence-corrected chi connectivity index (χ0v) is 10.0. The molecule has 2 rings (SSSR count). The van der Waals surface area contributed by atoms with Gasteiger partial charge in [-0.1, -0.05) is 23.2 Å². The monoisotopic (exact) mass is 253 g/mol. The molecule has 0 spiro atoms. The van der Waals surface area contributed by atoms with Crippen LogP contribution in [0.15, 0.2) is 30.5 Å². The van der Waals surface area contributed by atoms with Gasteiger partial charge in [-0.2, -0.15) is 0 Å². The summed E-state index contributed by atoms with van der Waals surface area (Å²) in [5.74, 6) is 0.470. The first-order valence-corrected chi connectivity index (χ1v) is 5.42. The van der Waals surface area contributed by atoms with Crippen LogP contribution in [0.4, 0.5) is 11.6 Å². The molecule has 0 aliphatic rings. The Hall–Kier alpha value is -1.32. The molecule has 0 radical (unpaired) electrons. The second-order valence-corrected chi connectivity index (χ2v) is 4.09. The van der Waals surface area contributed by atoms with Crippen LogP contribution in [0.1, 0.15) is 5.56 Å². The fourth-order valence-corrected chi connectivity index (χ4v) is 1.40. The van der Waals surface area contributed by atoms with E-state index in [9.17, 15) is 0 Å². The van der Waals surface area contributed by atoms with Crippen LogP contribution in [0.2, 0.25) is 10.2 Å². The quantitative estimate of drug-likeness (QED) is 0.827. The van der Waals surface area contributed by atoms with Crippen molar-refractivity contribution in [3.05, 3.63) is 46.2 Å². The molecule has 0 bridgehead atoms. The van der Waals surface area contributed by atoms with Gasteiger partial charge >= 0.3 is 0 Å². The maximum atomic E-state index is 5.89. The Morgan fingerprint density at radius 1 is 1.12 bits per heavy atom. The molecular formula is C11H9Cl2N3. The minimum atomic E-state index is 0.450. The molecule has 82 valence electrons. The van der Waals surface area contributed by atoms with Crippen LogP contribution in [0, 0.1) is 6.92 Å². The first-order valence-electron chi connectivity index (χ1n) is 4.67. The topological polar surface area (TPSA) is 37.8 Å². The van der Waals surface area contributed by atoms with Gasteiger partial charge in [-0.05, 0) is 31.2 Å². The van der Waals surface area contributed by atoms with Crippen molar-refractivity contribution < 1.29 is 0 Å². The van der Waals surface area contributed by atoms with Gasteiger partial charge in [0, 0.05) is 22.5 Å². The van der Waals surface area contributed by atoms with Crippen molar-refractivity contribution in [3.8, 4) is 0 Å². The number of nitrogens with zero attached hydrogens (tertiary/aromatic N) is 2. The van der Waals surface area contributed by atoms with E-state index < -0.39 is 0 Å². The lowest BCUT2D eigenvalue weighted by Crippen LogP contribution is -1.97. The summed E-state index contributed by atoms with van der Waals surface area (Å²) >= 11 is 11.7. The van der Waals surface area contributed by atoms with Crippen molar-refractivity contribution >= 4 is 34.8 Å². The summed E-state index contributed by atoms with van der Waals surface area (Å²) in [4.78, 5) is 8.22. The highest BCUT2D eigenvalue weighted by atomic mass is 35.5. The lowest BCUT2D eigenvalue weighted by atomic mass is 10.3. The number of aryl methyl sites for hydroxylation is 1. The lowest BCUT2D eigenvalue weighted by molar-refractivity contribution is 1.13. The number of aromatic nitrogens is 2. The average molecular weight is 254 g/mol. The van der Waals surface area contributed by atoms with Crippen LogP contribution in [0.3, 0.4) is 0 Å². The normalized spacial score (nSPS) is 10.2. The third-order valence-corrected chi connectivity index (χ3v) is 2.64. The van der Waals surface area contributed by atoms with Crippen molar-refractivity contribution in [2.75, 3.05) is 5.32 Å². The van der Waals surface area contributed by atoms with Crippen LogP contribution < -0.4 is 5.32 Å². The number of anilines is 2. The number of halogens is 2. The molecule has 5 heteroatoms. The standard InChI is InChI=1S/C11H9Cl2N3/c1-7-6-14-11(16-10(7)13)15-9-4-2-8(12)3-5-9/h2-6H,1H3,(H,14,15,16). The minimum absolute atomic E-state index is 0.450. The SMILES string of the molecule is Cc1cnc(Nc2ccc(Cl)cc2)nc1Cl. The molecule has 0 saturated carbocycles. The summed E-state index contributed by atoms with van der Waals surface area (Å²) in [7, 11) is 0. The Bertz CT molecular complexity index is 497. The molecule has 1 heterocycles. The number of hydrogen-bond acceptors (Lipinski definition) is 3. The summed E-state index contributed by atoms with van der Waals surface area (Å²) in [5.41, 5.74) is 1.72. The van der Waals surface area contributed by atoms with E-state index in [1.54, 1.807) is 18.3 Å². The first-order chi connectivity index (χ1) is 7.65. The Morgan fingerprint density at radius 2 is 1.81 bits per heavy atom. The summed E-state index contributed by atoms with van der Waals surface area (Å²) in [6, 6.07) is 7.28. The van der Waals surface area contributed by atoms with E-state index in [2.05, 4.69) is 15.3 Å². The van der Waals surface area contributed by atoms with E-state index in [0.717, 1.165) is 11.3 Å². The van der Waals surface area contributed by atoms with Gasteiger partial charge in [0.05, 0.1) is 0 Å². The van der Waals surface area contributed by atoms with Gasteiger partial charge in [0.2, 0.25) is 5.95 Å². The molecule has 1 aromatic carbocycles. The van der Waals surface area contributed by atoms with Gasteiger partial charge in [0.25, 0.3) is 0 Å². The van der Waals surface area contributed by atoms with E-state index in [-0.39, 0.29) is 0 Å². The second kappa shape index (κ2) is 4.68. The molecule has 0 atom stereocenters. The van der Waals surface area contributed by atoms with Gasteiger partial charge < -0.3 is 5.32 Å². The maximum absolute atomic E-state index is 5.89. The highest BCUT2D eigenvalue weighted by Crippen LogP contribution is 2.18. The molecule has 0 unspecified atom stereocenters. The maximum Gasteiger partial charge on any atom is 0.228 e. The molecule has 3 nitrogen and oxygen atoms in total. The Labute approximate surface area is 103 Å². The van der Waals surface area contributed by atoms with Crippen LogP contribution in [0.5, 0.6) is 0 Å². The summed E-state index contributed by atoms with van der Waals surface area (Å²) < 4.78 is 0. The molecular weight excluding hydrogens is 245 g/mol. The zero-order chi connectivity index (χ0) is 11.5. The summed E-state index contributed by atoms with van der Waals surface area (Å²) in [5, 5.41) is 4.17. The van der Waals surface area contributed by atoms with Gasteiger partial charge in [0.15, 0.2) is 0 Å². The lowest BCUT2D eigenvalue weighted by Gasteiger charge is -2.05. The number of hydrogen-bond donors (Lipinski definition) is 1. The third-order valence-electron chi connectivity index (χ3n) is 2.01. The molecule has 2 aromatic rings. The van der Waals surface area contributed by atoms with Crippen LogP contribution >= 0.6 is 23.2 Å². The van der Waals surface area contributed by atoms with E-state index in [1.807, 2.05) is 19.1 Å². The number of nitrogens with one attached hydrogen (secondary N) is 1. The van der Waals surface area contributed by atoms with Crippen LogP contribution in [-0.4, -0.2) is 9.97 Å². The van der Waals surface area contributed by atoms with Crippen molar-refractivity contribution in [1.82, 2.24) is 9.97 Å². The average Bonchev–Trinajstić information content (AvgIpc) is 2.27. The predicted molar refractivity (Wildman–Crippen MR) is 66.5 cm³/mol. The fourth-order valence-electron chi connectivity index (χ4n) is 1.14. The second-order valence-electron chi connectivity index (χ2n) is 3.30. The smallest absolute Gasteiger partial charge is 0.228 e.